The minimum absolute atomic E-state index is 0.0656. The van der Waals surface area contributed by atoms with Gasteiger partial charge in [-0.25, -0.2) is 4.79 Å². The molecule has 0 saturated carbocycles. The van der Waals surface area contributed by atoms with Gasteiger partial charge in [0.15, 0.2) is 0 Å². The van der Waals surface area contributed by atoms with Crippen molar-refractivity contribution in [2.75, 3.05) is 11.1 Å². The smallest absolute Gasteiger partial charge is 0.338 e. The lowest BCUT2D eigenvalue weighted by atomic mass is 10.2. The second-order valence-electron chi connectivity index (χ2n) is 4.75. The summed E-state index contributed by atoms with van der Waals surface area (Å²) in [5.41, 5.74) is 1.93. The van der Waals surface area contributed by atoms with Crippen LogP contribution in [0.3, 0.4) is 0 Å². The van der Waals surface area contributed by atoms with E-state index in [1.807, 2.05) is 6.07 Å². The molecule has 2 aromatic rings. The standard InChI is InChI=1S/C16H12ClNO3S/c17-12-4-1-10(2-5-12)8-21-16(20)11-3-6-14-13(7-11)18-15(19)9-22-14/h1-7H,8-9H2,(H,18,19). The molecule has 2 aromatic carbocycles. The number of halogens is 1. The number of rotatable bonds is 3. The van der Waals surface area contributed by atoms with E-state index in [-0.39, 0.29) is 12.5 Å². The van der Waals surface area contributed by atoms with Gasteiger partial charge in [0.05, 0.1) is 17.0 Å². The topological polar surface area (TPSA) is 55.4 Å². The molecule has 0 saturated heterocycles. The fraction of sp³-hybridized carbons (Fsp3) is 0.125. The van der Waals surface area contributed by atoms with Crippen LogP contribution in [-0.4, -0.2) is 17.6 Å². The highest BCUT2D eigenvalue weighted by atomic mass is 35.5. The number of ether oxygens (including phenoxy) is 1. The monoisotopic (exact) mass is 333 g/mol. The molecule has 22 heavy (non-hydrogen) atoms. The predicted molar refractivity (Wildman–Crippen MR) is 86.4 cm³/mol. The molecule has 0 radical (unpaired) electrons. The van der Waals surface area contributed by atoms with Gasteiger partial charge in [0.25, 0.3) is 0 Å². The molecule has 1 N–H and O–H groups in total. The van der Waals surface area contributed by atoms with Gasteiger partial charge in [-0.15, -0.1) is 11.8 Å². The van der Waals surface area contributed by atoms with Crippen molar-refractivity contribution in [3.05, 3.63) is 58.6 Å². The number of anilines is 1. The summed E-state index contributed by atoms with van der Waals surface area (Å²) in [6, 6.07) is 12.3. The third kappa shape index (κ3) is 3.43. The highest BCUT2D eigenvalue weighted by Crippen LogP contribution is 2.32. The second-order valence-corrected chi connectivity index (χ2v) is 6.20. The Labute approximate surface area is 136 Å². The average Bonchev–Trinajstić information content (AvgIpc) is 2.53. The van der Waals surface area contributed by atoms with E-state index in [0.29, 0.717) is 22.0 Å². The third-order valence-corrected chi connectivity index (χ3v) is 4.46. The molecule has 1 aliphatic rings. The fourth-order valence-electron chi connectivity index (χ4n) is 2.02. The van der Waals surface area contributed by atoms with Crippen LogP contribution in [0.4, 0.5) is 5.69 Å². The Morgan fingerprint density at radius 1 is 1.23 bits per heavy atom. The number of nitrogens with one attached hydrogen (secondary N) is 1. The van der Waals surface area contributed by atoms with Gasteiger partial charge in [0, 0.05) is 9.92 Å². The van der Waals surface area contributed by atoms with Crippen molar-refractivity contribution in [3.8, 4) is 0 Å². The van der Waals surface area contributed by atoms with E-state index in [1.54, 1.807) is 36.4 Å². The van der Waals surface area contributed by atoms with Crippen LogP contribution in [0.5, 0.6) is 0 Å². The molecule has 0 unspecified atom stereocenters. The highest BCUT2D eigenvalue weighted by molar-refractivity contribution is 8.00. The molecule has 0 fully saturated rings. The minimum Gasteiger partial charge on any atom is -0.457 e. The molecule has 6 heteroatoms. The zero-order valence-corrected chi connectivity index (χ0v) is 13.0. The van der Waals surface area contributed by atoms with E-state index in [1.165, 1.54) is 11.8 Å². The minimum atomic E-state index is -0.428. The Balaban J connectivity index is 1.68. The lowest BCUT2D eigenvalue weighted by Crippen LogP contribution is -2.19. The Morgan fingerprint density at radius 3 is 2.77 bits per heavy atom. The normalized spacial score (nSPS) is 13.2. The Bertz CT molecular complexity index is 731. The maximum atomic E-state index is 12.1. The average molecular weight is 334 g/mol. The molecule has 4 nitrogen and oxygen atoms in total. The van der Waals surface area contributed by atoms with Gasteiger partial charge in [-0.3, -0.25) is 4.79 Å². The van der Waals surface area contributed by atoms with Crippen molar-refractivity contribution in [2.24, 2.45) is 0 Å². The first-order chi connectivity index (χ1) is 10.6. The number of esters is 1. The van der Waals surface area contributed by atoms with Crippen molar-refractivity contribution in [3.63, 3.8) is 0 Å². The van der Waals surface area contributed by atoms with Crippen molar-refractivity contribution in [2.45, 2.75) is 11.5 Å². The van der Waals surface area contributed by atoms with Crippen LogP contribution in [0.2, 0.25) is 5.02 Å². The summed E-state index contributed by atoms with van der Waals surface area (Å²) < 4.78 is 5.27. The van der Waals surface area contributed by atoms with Crippen LogP contribution >= 0.6 is 23.4 Å². The molecule has 0 bridgehead atoms. The maximum absolute atomic E-state index is 12.1. The lowest BCUT2D eigenvalue weighted by molar-refractivity contribution is -0.113. The zero-order valence-electron chi connectivity index (χ0n) is 11.5. The summed E-state index contributed by atoms with van der Waals surface area (Å²) in [6.07, 6.45) is 0. The number of thioether (sulfide) groups is 1. The Hall–Kier alpha value is -1.98. The second kappa shape index (κ2) is 6.42. The van der Waals surface area contributed by atoms with Crippen LogP contribution in [0.25, 0.3) is 0 Å². The van der Waals surface area contributed by atoms with Gasteiger partial charge in [0.2, 0.25) is 5.91 Å². The number of carbonyl (C=O) groups excluding carboxylic acids is 2. The first kappa shape index (κ1) is 14.9. The van der Waals surface area contributed by atoms with Crippen molar-refractivity contribution >= 4 is 40.9 Å². The lowest BCUT2D eigenvalue weighted by Gasteiger charge is -2.16. The zero-order chi connectivity index (χ0) is 15.5. The SMILES string of the molecule is O=C1CSc2ccc(C(=O)OCc3ccc(Cl)cc3)cc2N1. The van der Waals surface area contributed by atoms with Crippen molar-refractivity contribution in [1.29, 1.82) is 0 Å². The molecule has 3 rings (SSSR count). The number of amides is 1. The number of fused-ring (bicyclic) bond motifs is 1. The van der Waals surface area contributed by atoms with Gasteiger partial charge in [-0.1, -0.05) is 23.7 Å². The first-order valence-corrected chi connectivity index (χ1v) is 7.96. The van der Waals surface area contributed by atoms with Crippen LogP contribution in [-0.2, 0) is 16.1 Å². The first-order valence-electron chi connectivity index (χ1n) is 6.60. The molecule has 1 amide bonds. The van der Waals surface area contributed by atoms with Gasteiger partial charge in [-0.05, 0) is 35.9 Å². The molecule has 112 valence electrons. The predicted octanol–water partition coefficient (Wildman–Crippen LogP) is 3.74. The number of hydrogen-bond acceptors (Lipinski definition) is 4. The quantitative estimate of drug-likeness (QED) is 0.869. The summed E-state index contributed by atoms with van der Waals surface area (Å²) in [5.74, 6) is -0.0976. The maximum Gasteiger partial charge on any atom is 0.338 e. The summed E-state index contributed by atoms with van der Waals surface area (Å²) in [7, 11) is 0. The molecular weight excluding hydrogens is 322 g/mol. The van der Waals surface area contributed by atoms with Crippen LogP contribution in [0.15, 0.2) is 47.4 Å². The molecule has 0 spiro atoms. The summed E-state index contributed by atoms with van der Waals surface area (Å²) in [6.45, 7) is 0.175. The van der Waals surface area contributed by atoms with Gasteiger partial charge in [-0.2, -0.15) is 0 Å². The largest absolute Gasteiger partial charge is 0.457 e. The summed E-state index contributed by atoms with van der Waals surface area (Å²) in [4.78, 5) is 24.4. The highest BCUT2D eigenvalue weighted by Gasteiger charge is 2.17. The van der Waals surface area contributed by atoms with Crippen molar-refractivity contribution < 1.29 is 14.3 Å². The summed E-state index contributed by atoms with van der Waals surface area (Å²) in [5, 5.41) is 3.39. The van der Waals surface area contributed by atoms with E-state index in [2.05, 4.69) is 5.32 Å². The fourth-order valence-corrected chi connectivity index (χ4v) is 2.94. The Morgan fingerprint density at radius 2 is 2.00 bits per heavy atom. The third-order valence-electron chi connectivity index (χ3n) is 3.13. The molecular formula is C16H12ClNO3S. The molecule has 0 aliphatic carbocycles. The van der Waals surface area contributed by atoms with E-state index in [9.17, 15) is 9.59 Å². The molecule has 1 aliphatic heterocycles. The van der Waals surface area contributed by atoms with Crippen LogP contribution < -0.4 is 5.32 Å². The van der Waals surface area contributed by atoms with Crippen LogP contribution in [0, 0.1) is 0 Å². The van der Waals surface area contributed by atoms with Crippen molar-refractivity contribution in [1.82, 2.24) is 0 Å². The molecule has 1 heterocycles. The Kier molecular flexibility index (Phi) is 4.36. The van der Waals surface area contributed by atoms with E-state index in [0.717, 1.165) is 10.5 Å². The molecule has 0 atom stereocenters. The summed E-state index contributed by atoms with van der Waals surface area (Å²) >= 11 is 7.26. The number of carbonyl (C=O) groups is 2. The number of benzene rings is 2. The van der Waals surface area contributed by atoms with Gasteiger partial charge in [0.1, 0.15) is 6.61 Å². The van der Waals surface area contributed by atoms with Gasteiger partial charge < -0.3 is 10.1 Å². The van der Waals surface area contributed by atoms with E-state index >= 15 is 0 Å². The number of hydrogen-bond donors (Lipinski definition) is 1. The van der Waals surface area contributed by atoms with Crippen LogP contribution in [0.1, 0.15) is 15.9 Å². The van der Waals surface area contributed by atoms with Gasteiger partial charge >= 0.3 is 5.97 Å². The van der Waals surface area contributed by atoms with E-state index < -0.39 is 5.97 Å². The molecule has 0 aromatic heterocycles. The van der Waals surface area contributed by atoms with E-state index in [4.69, 9.17) is 16.3 Å².